The van der Waals surface area contributed by atoms with Crippen molar-refractivity contribution in [3.63, 3.8) is 0 Å². The van der Waals surface area contributed by atoms with Gasteiger partial charge in [-0.1, -0.05) is 49.4 Å². The highest BCUT2D eigenvalue weighted by atomic mass is 35.5. The lowest BCUT2D eigenvalue weighted by molar-refractivity contribution is 0.372. The van der Waals surface area contributed by atoms with E-state index in [1.807, 2.05) is 18.2 Å². The van der Waals surface area contributed by atoms with Crippen LogP contribution in [0.2, 0.25) is 5.02 Å². The van der Waals surface area contributed by atoms with Crippen LogP contribution >= 0.6 is 11.6 Å². The largest absolute Gasteiger partial charge is 0.327 e. The average Bonchev–Trinajstić information content (AvgIpc) is 2.57. The lowest BCUT2D eigenvalue weighted by Crippen LogP contribution is -2.32. The number of hydrogen-bond donors (Lipinski definition) is 1. The molecule has 0 bridgehead atoms. The van der Waals surface area contributed by atoms with Crippen molar-refractivity contribution in [2.24, 2.45) is 11.7 Å². The van der Waals surface area contributed by atoms with E-state index in [1.165, 1.54) is 44.1 Å². The first-order valence-electron chi connectivity index (χ1n) is 6.76. The highest BCUT2D eigenvalue weighted by molar-refractivity contribution is 6.30. The molecule has 1 aromatic carbocycles. The molecular weight excluding hydrogens is 230 g/mol. The smallest absolute Gasteiger partial charge is 0.0408 e. The number of nitrogens with two attached hydrogens (primary N) is 1. The van der Waals surface area contributed by atoms with Crippen LogP contribution in [0.15, 0.2) is 24.3 Å². The van der Waals surface area contributed by atoms with E-state index in [4.69, 9.17) is 17.3 Å². The standard InChI is InChI=1S/C15H22ClN/c16-14-9-5-6-12(10-14)11-15(17)13-7-3-1-2-4-8-13/h5-6,9-10,13,15H,1-4,7-8,11,17H2. The number of rotatable bonds is 3. The van der Waals surface area contributed by atoms with Gasteiger partial charge in [0.2, 0.25) is 0 Å². The molecule has 0 aliphatic heterocycles. The molecule has 2 N–H and O–H groups in total. The molecule has 1 aromatic rings. The average molecular weight is 252 g/mol. The SMILES string of the molecule is NC(Cc1cccc(Cl)c1)C1CCCCCC1. The third-order valence-corrected chi connectivity index (χ3v) is 4.10. The third-order valence-electron chi connectivity index (χ3n) is 3.87. The normalized spacial score (nSPS) is 19.9. The summed E-state index contributed by atoms with van der Waals surface area (Å²) in [5.74, 6) is 0.705. The second-order valence-corrected chi connectivity index (χ2v) is 5.69. The van der Waals surface area contributed by atoms with Crippen molar-refractivity contribution in [3.05, 3.63) is 34.9 Å². The van der Waals surface area contributed by atoms with Gasteiger partial charge in [0.1, 0.15) is 0 Å². The Bertz CT molecular complexity index is 343. The molecule has 2 rings (SSSR count). The van der Waals surface area contributed by atoms with Crippen LogP contribution in [-0.4, -0.2) is 6.04 Å². The monoisotopic (exact) mass is 251 g/mol. The first-order chi connectivity index (χ1) is 8.25. The Morgan fingerprint density at radius 1 is 1.18 bits per heavy atom. The van der Waals surface area contributed by atoms with Crippen molar-refractivity contribution in [3.8, 4) is 0 Å². The van der Waals surface area contributed by atoms with Crippen LogP contribution < -0.4 is 5.73 Å². The minimum atomic E-state index is 0.298. The Kier molecular flexibility index (Phi) is 4.87. The van der Waals surface area contributed by atoms with E-state index in [2.05, 4.69) is 6.07 Å². The Morgan fingerprint density at radius 2 is 1.88 bits per heavy atom. The molecule has 0 saturated heterocycles. The molecule has 0 heterocycles. The molecule has 2 heteroatoms. The van der Waals surface area contributed by atoms with Crippen molar-refractivity contribution in [1.82, 2.24) is 0 Å². The summed E-state index contributed by atoms with van der Waals surface area (Å²) in [6, 6.07) is 8.40. The van der Waals surface area contributed by atoms with E-state index >= 15 is 0 Å². The number of benzene rings is 1. The summed E-state index contributed by atoms with van der Waals surface area (Å²) >= 11 is 6.00. The number of halogens is 1. The van der Waals surface area contributed by atoms with Crippen LogP contribution in [0.25, 0.3) is 0 Å². The first kappa shape index (κ1) is 12.9. The van der Waals surface area contributed by atoms with Crippen LogP contribution in [0.3, 0.4) is 0 Å². The van der Waals surface area contributed by atoms with E-state index in [-0.39, 0.29) is 0 Å². The Balaban J connectivity index is 1.93. The van der Waals surface area contributed by atoms with E-state index in [1.54, 1.807) is 0 Å². The van der Waals surface area contributed by atoms with Gasteiger partial charge in [0.25, 0.3) is 0 Å². The maximum atomic E-state index is 6.36. The Hall–Kier alpha value is -0.530. The highest BCUT2D eigenvalue weighted by Crippen LogP contribution is 2.26. The van der Waals surface area contributed by atoms with Crippen molar-refractivity contribution in [1.29, 1.82) is 0 Å². The van der Waals surface area contributed by atoms with E-state index in [0.29, 0.717) is 12.0 Å². The zero-order chi connectivity index (χ0) is 12.1. The molecule has 1 saturated carbocycles. The van der Waals surface area contributed by atoms with Crippen LogP contribution in [0.1, 0.15) is 44.1 Å². The minimum Gasteiger partial charge on any atom is -0.327 e. The molecular formula is C15H22ClN. The zero-order valence-corrected chi connectivity index (χ0v) is 11.1. The zero-order valence-electron chi connectivity index (χ0n) is 10.4. The number of hydrogen-bond acceptors (Lipinski definition) is 1. The van der Waals surface area contributed by atoms with Gasteiger partial charge in [0, 0.05) is 11.1 Å². The molecule has 1 aliphatic carbocycles. The Morgan fingerprint density at radius 3 is 2.53 bits per heavy atom. The minimum absolute atomic E-state index is 0.298. The van der Waals surface area contributed by atoms with Crippen LogP contribution in [-0.2, 0) is 6.42 Å². The second kappa shape index (κ2) is 6.42. The molecule has 0 aromatic heterocycles. The van der Waals surface area contributed by atoms with Gasteiger partial charge in [0.05, 0.1) is 0 Å². The maximum Gasteiger partial charge on any atom is 0.0408 e. The molecule has 0 spiro atoms. The summed E-state index contributed by atoms with van der Waals surface area (Å²) in [6.07, 6.45) is 9.07. The topological polar surface area (TPSA) is 26.0 Å². The van der Waals surface area contributed by atoms with Gasteiger partial charge in [-0.15, -0.1) is 0 Å². The predicted molar refractivity (Wildman–Crippen MR) is 74.3 cm³/mol. The van der Waals surface area contributed by atoms with Crippen molar-refractivity contribution in [2.45, 2.75) is 51.0 Å². The van der Waals surface area contributed by atoms with Gasteiger partial charge in [-0.2, -0.15) is 0 Å². The van der Waals surface area contributed by atoms with Gasteiger partial charge in [-0.25, -0.2) is 0 Å². The molecule has 0 radical (unpaired) electrons. The van der Waals surface area contributed by atoms with Crippen LogP contribution in [0, 0.1) is 5.92 Å². The summed E-state index contributed by atoms with van der Waals surface area (Å²) in [6.45, 7) is 0. The van der Waals surface area contributed by atoms with Crippen molar-refractivity contribution >= 4 is 11.6 Å². The third kappa shape index (κ3) is 4.01. The summed E-state index contributed by atoms with van der Waals surface area (Å²) < 4.78 is 0. The molecule has 1 aliphatic rings. The predicted octanol–water partition coefficient (Wildman–Crippen LogP) is 4.18. The highest BCUT2D eigenvalue weighted by Gasteiger charge is 2.19. The van der Waals surface area contributed by atoms with Crippen LogP contribution in [0.4, 0.5) is 0 Å². The van der Waals surface area contributed by atoms with Gasteiger partial charge in [0.15, 0.2) is 0 Å². The van der Waals surface area contributed by atoms with Gasteiger partial charge in [-0.3, -0.25) is 0 Å². The lowest BCUT2D eigenvalue weighted by Gasteiger charge is -2.22. The second-order valence-electron chi connectivity index (χ2n) is 5.25. The molecule has 0 amide bonds. The fourth-order valence-electron chi connectivity index (χ4n) is 2.84. The van der Waals surface area contributed by atoms with E-state index in [0.717, 1.165) is 11.4 Å². The summed E-state index contributed by atoms with van der Waals surface area (Å²) in [7, 11) is 0. The Labute approximate surface area is 109 Å². The molecule has 1 fully saturated rings. The summed E-state index contributed by atoms with van der Waals surface area (Å²) in [5, 5.41) is 0.815. The summed E-state index contributed by atoms with van der Waals surface area (Å²) in [5.41, 5.74) is 7.63. The molecule has 94 valence electrons. The fourth-order valence-corrected chi connectivity index (χ4v) is 3.05. The van der Waals surface area contributed by atoms with E-state index in [9.17, 15) is 0 Å². The van der Waals surface area contributed by atoms with Gasteiger partial charge >= 0.3 is 0 Å². The first-order valence-corrected chi connectivity index (χ1v) is 7.13. The molecule has 1 nitrogen and oxygen atoms in total. The van der Waals surface area contributed by atoms with E-state index < -0.39 is 0 Å². The fraction of sp³-hybridized carbons (Fsp3) is 0.600. The molecule has 1 atom stereocenters. The quantitative estimate of drug-likeness (QED) is 0.802. The van der Waals surface area contributed by atoms with Gasteiger partial charge < -0.3 is 5.73 Å². The lowest BCUT2D eigenvalue weighted by atomic mass is 9.88. The van der Waals surface area contributed by atoms with Crippen molar-refractivity contribution in [2.75, 3.05) is 0 Å². The molecule has 1 unspecified atom stereocenters. The van der Waals surface area contributed by atoms with Crippen LogP contribution in [0.5, 0.6) is 0 Å². The van der Waals surface area contributed by atoms with Crippen molar-refractivity contribution < 1.29 is 0 Å². The molecule has 17 heavy (non-hydrogen) atoms. The summed E-state index contributed by atoms with van der Waals surface area (Å²) in [4.78, 5) is 0. The maximum absolute atomic E-state index is 6.36. The van der Waals surface area contributed by atoms with Gasteiger partial charge in [-0.05, 0) is 42.9 Å².